The zero-order chi connectivity index (χ0) is 43.9. The number of nitrogens with one attached hydrogen (secondary N) is 2. The number of primary amides is 2. The molecule has 16 heteroatoms. The van der Waals surface area contributed by atoms with E-state index in [1.807, 2.05) is 90.1 Å². The quantitative estimate of drug-likeness (QED) is 0.205. The highest BCUT2D eigenvalue weighted by molar-refractivity contribution is 5.96. The SMILES string of the molecule is COCCN(Cc1ccc([C@]2(C(N)=O)CCCN2C(=O)[C@@H](NC(=O)OC)C(C)(C)C)cc1)Cc1ccc([C@]2(C(N)=O)CCCN2C(=O)[C@@H](NC(=O)OC)C(C)(C)C)cc1. The van der Waals surface area contributed by atoms with Crippen LogP contribution in [0.25, 0.3) is 0 Å². The van der Waals surface area contributed by atoms with Crippen LogP contribution in [0.5, 0.6) is 0 Å². The molecule has 59 heavy (non-hydrogen) atoms. The largest absolute Gasteiger partial charge is 0.453 e. The van der Waals surface area contributed by atoms with E-state index in [1.165, 1.54) is 24.0 Å². The maximum Gasteiger partial charge on any atom is 0.407 e. The summed E-state index contributed by atoms with van der Waals surface area (Å²) < 4.78 is 15.0. The average molecular weight is 822 g/mol. The summed E-state index contributed by atoms with van der Waals surface area (Å²) in [5.41, 5.74) is 11.1. The monoisotopic (exact) mass is 821 g/mol. The van der Waals surface area contributed by atoms with Crippen LogP contribution < -0.4 is 22.1 Å². The molecule has 2 aliphatic heterocycles. The molecule has 0 aliphatic carbocycles. The van der Waals surface area contributed by atoms with Gasteiger partial charge in [0.15, 0.2) is 0 Å². The maximum atomic E-state index is 14.1. The smallest absolute Gasteiger partial charge is 0.407 e. The number of carbonyl (C=O) groups is 6. The van der Waals surface area contributed by atoms with Crippen LogP contribution in [0.2, 0.25) is 0 Å². The van der Waals surface area contributed by atoms with Crippen molar-refractivity contribution in [3.05, 3.63) is 70.8 Å². The predicted molar refractivity (Wildman–Crippen MR) is 220 cm³/mol. The zero-order valence-electron chi connectivity index (χ0n) is 36.0. The average Bonchev–Trinajstić information content (AvgIpc) is 3.84. The minimum absolute atomic E-state index is 0.293. The maximum absolute atomic E-state index is 14.1. The fourth-order valence-corrected chi connectivity index (χ4v) is 8.32. The van der Waals surface area contributed by atoms with Crippen molar-refractivity contribution < 1.29 is 43.0 Å². The van der Waals surface area contributed by atoms with Gasteiger partial charge in [0.05, 0.1) is 20.8 Å². The Morgan fingerprint density at radius 1 is 0.661 bits per heavy atom. The first-order chi connectivity index (χ1) is 27.7. The number of carbonyl (C=O) groups excluding carboxylic acids is 6. The van der Waals surface area contributed by atoms with Gasteiger partial charge in [-0.05, 0) is 58.8 Å². The number of alkyl carbamates (subject to hydrolysis) is 2. The first-order valence-electron chi connectivity index (χ1n) is 20.0. The van der Waals surface area contributed by atoms with E-state index in [0.717, 1.165) is 11.1 Å². The molecule has 2 aliphatic rings. The van der Waals surface area contributed by atoms with Gasteiger partial charge in [-0.15, -0.1) is 0 Å². The van der Waals surface area contributed by atoms with Crippen LogP contribution >= 0.6 is 0 Å². The van der Waals surface area contributed by atoms with Crippen molar-refractivity contribution in [2.45, 2.75) is 103 Å². The van der Waals surface area contributed by atoms with Crippen LogP contribution in [0.1, 0.15) is 89.5 Å². The second-order valence-electron chi connectivity index (χ2n) is 17.6. The molecule has 6 N–H and O–H groups in total. The van der Waals surface area contributed by atoms with Crippen LogP contribution in [-0.4, -0.2) is 110 Å². The predicted octanol–water partition coefficient (Wildman–Crippen LogP) is 3.48. The van der Waals surface area contributed by atoms with E-state index in [-0.39, 0.29) is 0 Å². The third-order valence-electron chi connectivity index (χ3n) is 11.5. The molecule has 4 rings (SSSR count). The molecule has 324 valence electrons. The lowest BCUT2D eigenvalue weighted by molar-refractivity contribution is -0.147. The van der Waals surface area contributed by atoms with Crippen molar-refractivity contribution >= 4 is 35.8 Å². The Labute approximate surface area is 347 Å². The molecule has 2 heterocycles. The molecule has 2 aromatic rings. The molecule has 0 unspecified atom stereocenters. The second-order valence-corrected chi connectivity index (χ2v) is 17.6. The van der Waals surface area contributed by atoms with Gasteiger partial charge in [-0.3, -0.25) is 24.1 Å². The van der Waals surface area contributed by atoms with Gasteiger partial charge in [0.25, 0.3) is 0 Å². The number of nitrogens with two attached hydrogens (primary N) is 2. The normalized spacial score (nSPS) is 20.5. The molecule has 0 spiro atoms. The molecule has 0 aromatic heterocycles. The number of rotatable bonds is 15. The highest BCUT2D eigenvalue weighted by Gasteiger charge is 2.54. The number of likely N-dealkylation sites (tertiary alicyclic amines) is 2. The number of nitrogens with zero attached hydrogens (tertiary/aromatic N) is 3. The minimum atomic E-state index is -1.40. The van der Waals surface area contributed by atoms with Gasteiger partial charge < -0.3 is 46.1 Å². The number of ether oxygens (including phenoxy) is 3. The fraction of sp³-hybridized carbons (Fsp3) is 0.581. The lowest BCUT2D eigenvalue weighted by Crippen LogP contribution is -2.61. The van der Waals surface area contributed by atoms with Crippen LogP contribution in [0.4, 0.5) is 9.59 Å². The Kier molecular flexibility index (Phi) is 14.8. The molecule has 4 atom stereocenters. The van der Waals surface area contributed by atoms with Crippen molar-refractivity contribution in [1.29, 1.82) is 0 Å². The summed E-state index contributed by atoms with van der Waals surface area (Å²) in [6.45, 7) is 13.6. The number of benzene rings is 2. The van der Waals surface area contributed by atoms with Crippen molar-refractivity contribution in [2.24, 2.45) is 22.3 Å². The van der Waals surface area contributed by atoms with Gasteiger partial charge in [0.1, 0.15) is 23.2 Å². The Morgan fingerprint density at radius 3 is 1.31 bits per heavy atom. The van der Waals surface area contributed by atoms with Gasteiger partial charge in [0, 0.05) is 39.8 Å². The van der Waals surface area contributed by atoms with Crippen molar-refractivity contribution in [3.63, 3.8) is 0 Å². The van der Waals surface area contributed by atoms with E-state index in [9.17, 15) is 28.8 Å². The molecule has 6 amide bonds. The number of hydrogen-bond donors (Lipinski definition) is 4. The highest BCUT2D eigenvalue weighted by Crippen LogP contribution is 2.42. The van der Waals surface area contributed by atoms with E-state index < -0.39 is 69.8 Å². The molecule has 0 saturated carbocycles. The van der Waals surface area contributed by atoms with Crippen LogP contribution in [0.15, 0.2) is 48.5 Å². The van der Waals surface area contributed by atoms with E-state index >= 15 is 0 Å². The second kappa shape index (κ2) is 18.8. The third-order valence-corrected chi connectivity index (χ3v) is 11.5. The van der Waals surface area contributed by atoms with E-state index in [0.29, 0.717) is 76.1 Å². The first kappa shape index (κ1) is 46.5. The van der Waals surface area contributed by atoms with Gasteiger partial charge in [-0.25, -0.2) is 9.59 Å². The van der Waals surface area contributed by atoms with Crippen molar-refractivity contribution in [2.75, 3.05) is 47.6 Å². The lowest BCUT2D eigenvalue weighted by Gasteiger charge is -2.41. The summed E-state index contributed by atoms with van der Waals surface area (Å²) in [5.74, 6) is -2.14. The number of methoxy groups -OCH3 is 3. The fourth-order valence-electron chi connectivity index (χ4n) is 8.32. The van der Waals surface area contributed by atoms with Crippen LogP contribution in [-0.2, 0) is 57.6 Å². The van der Waals surface area contributed by atoms with Crippen LogP contribution in [0.3, 0.4) is 0 Å². The minimum Gasteiger partial charge on any atom is -0.453 e. The van der Waals surface area contributed by atoms with Gasteiger partial charge in [-0.1, -0.05) is 90.1 Å². The lowest BCUT2D eigenvalue weighted by atomic mass is 9.82. The molecule has 2 saturated heterocycles. The van der Waals surface area contributed by atoms with Gasteiger partial charge in [0.2, 0.25) is 23.6 Å². The number of hydrogen-bond acceptors (Lipinski definition) is 10. The third kappa shape index (κ3) is 9.98. The Morgan fingerprint density at radius 2 is 1.02 bits per heavy atom. The molecular formula is C43H63N7O9. The van der Waals surface area contributed by atoms with Gasteiger partial charge >= 0.3 is 12.2 Å². The summed E-state index contributed by atoms with van der Waals surface area (Å²) in [7, 11) is 4.09. The standard InChI is InChI=1S/C43H63N7O9/c1-40(2,3)32(46-38(55)58-8)34(51)49-22-10-20-42(49,36(44)53)30-16-12-28(13-17-30)26-48(24-25-57-7)27-29-14-18-31(19-15-29)43(37(45)54)21-11-23-50(43)35(52)33(41(4,5)6)47-39(56)59-9/h12-19,32-33H,10-11,20-27H2,1-9H3,(H2,44,53)(H2,45,54)(H,46,55)(H,47,56)/t32-,33-,42+,43+/m1/s1. The summed E-state index contributed by atoms with van der Waals surface area (Å²) >= 11 is 0. The Bertz CT molecular complexity index is 1710. The van der Waals surface area contributed by atoms with E-state index in [4.69, 9.17) is 25.7 Å². The summed E-state index contributed by atoms with van der Waals surface area (Å²) in [6.07, 6.45) is 0.278. The first-order valence-corrected chi connectivity index (χ1v) is 20.0. The molecule has 0 radical (unpaired) electrons. The molecule has 2 aromatic carbocycles. The molecular weight excluding hydrogens is 759 g/mol. The van der Waals surface area contributed by atoms with Crippen molar-refractivity contribution in [3.8, 4) is 0 Å². The summed E-state index contributed by atoms with van der Waals surface area (Å²) in [4.78, 5) is 84.5. The van der Waals surface area contributed by atoms with Crippen molar-refractivity contribution in [1.82, 2.24) is 25.3 Å². The highest BCUT2D eigenvalue weighted by atomic mass is 16.5. The molecule has 2 fully saturated rings. The Hall–Kier alpha value is -5.22. The van der Waals surface area contributed by atoms with E-state index in [1.54, 1.807) is 7.11 Å². The van der Waals surface area contributed by atoms with E-state index in [2.05, 4.69) is 15.5 Å². The Balaban J connectivity index is 1.58. The van der Waals surface area contributed by atoms with Gasteiger partial charge in [-0.2, -0.15) is 0 Å². The molecule has 16 nitrogen and oxygen atoms in total. The summed E-state index contributed by atoms with van der Waals surface area (Å²) in [6, 6.07) is 13.1. The summed E-state index contributed by atoms with van der Waals surface area (Å²) in [5, 5.41) is 5.30. The number of amides is 6. The molecule has 0 bridgehead atoms. The topological polar surface area (TPSA) is 216 Å². The zero-order valence-corrected chi connectivity index (χ0v) is 36.0. The van der Waals surface area contributed by atoms with Crippen LogP contribution in [0, 0.1) is 10.8 Å².